The Bertz CT molecular complexity index is 454. The number of hydrogen-bond donors (Lipinski definition) is 1. The molecule has 1 aromatic rings. The average molecular weight is 288 g/mol. The number of benzene rings is 1. The fraction of sp³-hybridized carbons (Fsp3) is 0.571. The number of rotatable bonds is 3. The lowest BCUT2D eigenvalue weighted by Crippen LogP contribution is -2.32. The van der Waals surface area contributed by atoms with Crippen LogP contribution in [0.1, 0.15) is 31.2 Å². The highest BCUT2D eigenvalue weighted by Gasteiger charge is 2.33. The molecule has 1 saturated heterocycles. The predicted octanol–water partition coefficient (Wildman–Crippen LogP) is 3.37. The molecule has 20 heavy (non-hydrogen) atoms. The van der Waals surface area contributed by atoms with E-state index in [1.165, 1.54) is 6.07 Å². The summed E-state index contributed by atoms with van der Waals surface area (Å²) < 4.78 is 40.9. The van der Waals surface area contributed by atoms with Gasteiger partial charge in [-0.2, -0.15) is 0 Å². The maximum Gasteiger partial charge on any atom is 0.573 e. The molecule has 0 bridgehead atoms. The summed E-state index contributed by atoms with van der Waals surface area (Å²) in [4.78, 5) is 2.32. The molecule has 1 aliphatic rings. The molecule has 1 fully saturated rings. The van der Waals surface area contributed by atoms with Crippen LogP contribution in [0.2, 0.25) is 0 Å². The Kier molecular flexibility index (Phi) is 4.42. The third-order valence-electron chi connectivity index (χ3n) is 3.80. The predicted molar refractivity (Wildman–Crippen MR) is 71.6 cm³/mol. The van der Waals surface area contributed by atoms with Crippen molar-refractivity contribution >= 4 is 5.69 Å². The minimum absolute atomic E-state index is 0.111. The van der Waals surface area contributed by atoms with E-state index in [1.807, 2.05) is 0 Å². The first kappa shape index (κ1) is 15.0. The van der Waals surface area contributed by atoms with Crippen molar-refractivity contribution in [3.05, 3.63) is 23.8 Å². The summed E-state index contributed by atoms with van der Waals surface area (Å²) in [6, 6.07) is 4.62. The highest BCUT2D eigenvalue weighted by atomic mass is 19.4. The van der Waals surface area contributed by atoms with Crippen molar-refractivity contribution in [3.63, 3.8) is 0 Å². The van der Waals surface area contributed by atoms with Crippen LogP contribution in [-0.2, 0) is 0 Å². The summed E-state index contributed by atoms with van der Waals surface area (Å²) in [7, 11) is 0. The molecule has 0 aliphatic carbocycles. The standard InChI is InChI=1S/C14H19F3N2O/c1-2-19-8-6-10(7-9-19)11-4-3-5-12(13(11)18)20-14(15,16)17/h3-5,10H,2,6-9,18H2,1H3. The second-order valence-corrected chi connectivity index (χ2v) is 5.02. The van der Waals surface area contributed by atoms with E-state index >= 15 is 0 Å². The number of ether oxygens (including phenoxy) is 1. The molecule has 0 aromatic heterocycles. The van der Waals surface area contributed by atoms with E-state index in [0.717, 1.165) is 38.0 Å². The molecule has 1 aliphatic heterocycles. The van der Waals surface area contributed by atoms with E-state index in [4.69, 9.17) is 5.73 Å². The monoisotopic (exact) mass is 288 g/mol. The zero-order chi connectivity index (χ0) is 14.8. The molecular formula is C14H19F3N2O. The third kappa shape index (κ3) is 3.56. The molecule has 0 amide bonds. The van der Waals surface area contributed by atoms with Crippen molar-refractivity contribution in [3.8, 4) is 5.75 Å². The zero-order valence-corrected chi connectivity index (χ0v) is 11.4. The summed E-state index contributed by atoms with van der Waals surface area (Å²) in [6.07, 6.45) is -2.89. The van der Waals surface area contributed by atoms with Crippen LogP contribution < -0.4 is 10.5 Å². The number of anilines is 1. The quantitative estimate of drug-likeness (QED) is 0.867. The van der Waals surface area contributed by atoms with E-state index in [0.29, 0.717) is 0 Å². The number of piperidine rings is 1. The number of nitrogens with two attached hydrogens (primary N) is 1. The first-order valence-electron chi connectivity index (χ1n) is 6.77. The average Bonchev–Trinajstić information content (AvgIpc) is 2.40. The highest BCUT2D eigenvalue weighted by Crippen LogP contribution is 2.37. The summed E-state index contributed by atoms with van der Waals surface area (Å²) in [5, 5.41) is 0. The van der Waals surface area contributed by atoms with Crippen molar-refractivity contribution < 1.29 is 17.9 Å². The fourth-order valence-corrected chi connectivity index (χ4v) is 2.69. The second kappa shape index (κ2) is 5.91. The van der Waals surface area contributed by atoms with Gasteiger partial charge in [-0.3, -0.25) is 0 Å². The van der Waals surface area contributed by atoms with Gasteiger partial charge in [-0.25, -0.2) is 0 Å². The van der Waals surface area contributed by atoms with Gasteiger partial charge in [0.25, 0.3) is 0 Å². The molecule has 0 radical (unpaired) electrons. The highest BCUT2D eigenvalue weighted by molar-refractivity contribution is 5.59. The Morgan fingerprint density at radius 2 is 1.95 bits per heavy atom. The molecule has 0 spiro atoms. The third-order valence-corrected chi connectivity index (χ3v) is 3.80. The van der Waals surface area contributed by atoms with Gasteiger partial charge in [0.1, 0.15) is 0 Å². The molecule has 2 N–H and O–H groups in total. The van der Waals surface area contributed by atoms with Gasteiger partial charge in [0.15, 0.2) is 5.75 Å². The van der Waals surface area contributed by atoms with Crippen LogP contribution in [-0.4, -0.2) is 30.9 Å². The van der Waals surface area contributed by atoms with Crippen molar-refractivity contribution in [2.45, 2.75) is 32.0 Å². The molecular weight excluding hydrogens is 269 g/mol. The Morgan fingerprint density at radius 1 is 1.30 bits per heavy atom. The summed E-state index contributed by atoms with van der Waals surface area (Å²) >= 11 is 0. The Labute approximate surface area is 116 Å². The molecule has 112 valence electrons. The van der Waals surface area contributed by atoms with Gasteiger partial charge in [-0.1, -0.05) is 19.1 Å². The molecule has 6 heteroatoms. The van der Waals surface area contributed by atoms with Crippen LogP contribution in [0, 0.1) is 0 Å². The Hall–Kier alpha value is -1.43. The molecule has 0 atom stereocenters. The van der Waals surface area contributed by atoms with Gasteiger partial charge in [-0.15, -0.1) is 13.2 Å². The Balaban J connectivity index is 2.15. The summed E-state index contributed by atoms with van der Waals surface area (Å²) in [6.45, 7) is 5.00. The largest absolute Gasteiger partial charge is 0.573 e. The van der Waals surface area contributed by atoms with Gasteiger partial charge in [-0.05, 0) is 50.0 Å². The van der Waals surface area contributed by atoms with Crippen LogP contribution in [0.3, 0.4) is 0 Å². The molecule has 1 heterocycles. The lowest BCUT2D eigenvalue weighted by molar-refractivity contribution is -0.274. The normalized spacial score (nSPS) is 18.2. The van der Waals surface area contributed by atoms with Gasteiger partial charge < -0.3 is 15.4 Å². The van der Waals surface area contributed by atoms with Crippen LogP contribution in [0.5, 0.6) is 5.75 Å². The molecule has 3 nitrogen and oxygen atoms in total. The van der Waals surface area contributed by atoms with E-state index in [9.17, 15) is 13.2 Å². The van der Waals surface area contributed by atoms with Crippen molar-refractivity contribution in [2.24, 2.45) is 0 Å². The maximum atomic E-state index is 12.3. The van der Waals surface area contributed by atoms with Crippen molar-refractivity contribution in [1.29, 1.82) is 0 Å². The van der Waals surface area contributed by atoms with Gasteiger partial charge in [0.05, 0.1) is 5.69 Å². The first-order chi connectivity index (χ1) is 9.40. The molecule has 1 aromatic carbocycles. The van der Waals surface area contributed by atoms with Gasteiger partial charge in [0.2, 0.25) is 0 Å². The number of alkyl halides is 3. The van der Waals surface area contributed by atoms with E-state index in [-0.39, 0.29) is 17.4 Å². The number of nitrogen functional groups attached to an aromatic ring is 1. The number of likely N-dealkylation sites (tertiary alicyclic amines) is 1. The molecule has 0 saturated carbocycles. The van der Waals surface area contributed by atoms with E-state index in [1.54, 1.807) is 12.1 Å². The van der Waals surface area contributed by atoms with E-state index in [2.05, 4.69) is 16.6 Å². The lowest BCUT2D eigenvalue weighted by atomic mass is 9.88. The van der Waals surface area contributed by atoms with Crippen LogP contribution in [0.25, 0.3) is 0 Å². The minimum Gasteiger partial charge on any atom is -0.404 e. The SMILES string of the molecule is CCN1CCC(c2cccc(OC(F)(F)F)c2N)CC1. The zero-order valence-electron chi connectivity index (χ0n) is 11.4. The van der Waals surface area contributed by atoms with Crippen LogP contribution in [0.15, 0.2) is 18.2 Å². The topological polar surface area (TPSA) is 38.5 Å². The molecule has 0 unspecified atom stereocenters. The summed E-state index contributed by atoms with van der Waals surface area (Å²) in [5.41, 5.74) is 6.73. The van der Waals surface area contributed by atoms with Crippen molar-refractivity contribution in [2.75, 3.05) is 25.4 Å². The number of para-hydroxylation sites is 1. The number of halogens is 3. The smallest absolute Gasteiger partial charge is 0.404 e. The lowest BCUT2D eigenvalue weighted by Gasteiger charge is -2.32. The van der Waals surface area contributed by atoms with Crippen molar-refractivity contribution in [1.82, 2.24) is 4.90 Å². The maximum absolute atomic E-state index is 12.3. The van der Waals surface area contributed by atoms with Gasteiger partial charge >= 0.3 is 6.36 Å². The second-order valence-electron chi connectivity index (χ2n) is 5.02. The first-order valence-corrected chi connectivity index (χ1v) is 6.77. The van der Waals surface area contributed by atoms with Gasteiger partial charge in [0, 0.05) is 0 Å². The van der Waals surface area contributed by atoms with E-state index < -0.39 is 6.36 Å². The summed E-state index contributed by atoms with van der Waals surface area (Å²) in [5.74, 6) is -0.0949. The van der Waals surface area contributed by atoms with Crippen LogP contribution in [0.4, 0.5) is 18.9 Å². The molecule has 2 rings (SSSR count). The van der Waals surface area contributed by atoms with Crippen LogP contribution >= 0.6 is 0 Å². The number of nitrogens with zero attached hydrogens (tertiary/aromatic N) is 1. The minimum atomic E-state index is -4.71. The number of hydrogen-bond acceptors (Lipinski definition) is 3. The Morgan fingerprint density at radius 3 is 2.50 bits per heavy atom. The fourth-order valence-electron chi connectivity index (χ4n) is 2.69.